The molecule has 2 aromatic rings. The van der Waals surface area contributed by atoms with Gasteiger partial charge in [-0.25, -0.2) is 15.0 Å². The third-order valence-electron chi connectivity index (χ3n) is 5.91. The van der Waals surface area contributed by atoms with E-state index >= 15 is 0 Å². The van der Waals surface area contributed by atoms with Crippen LogP contribution in [0.25, 0.3) is 11.5 Å². The average molecular weight is 546 g/mol. The first-order chi connectivity index (χ1) is 17.6. The number of benzene rings is 2. The number of hydrogen-bond donors (Lipinski definition) is 0. The molecule has 1 atom stereocenters. The first-order valence-electron chi connectivity index (χ1n) is 12.3. The smallest absolute Gasteiger partial charge is 0.163 e. The van der Waals surface area contributed by atoms with E-state index in [2.05, 4.69) is 35.9 Å². The molecule has 1 unspecified atom stereocenters. The normalized spacial score (nSPS) is 11.9. The standard InChI is InChI=1S/C28H33ClN4O3.ClH/c1-20(2)27-31-24-16-30-19-33(28(24)32-27)17-22-9-10-25(34-3)26(15-22)35-14-12-23(11-13-29)36-18-21-7-5-4-6-8-21;/h4-10,15-16,19-20,23H,11-14,17-18H2,1-3H3;1H. The van der Waals surface area contributed by atoms with Gasteiger partial charge in [-0.1, -0.05) is 50.2 Å². The van der Waals surface area contributed by atoms with Gasteiger partial charge in [-0.2, -0.15) is 0 Å². The molecule has 2 aliphatic rings. The maximum absolute atomic E-state index is 6.16. The summed E-state index contributed by atoms with van der Waals surface area (Å²) in [7, 11) is 1.65. The van der Waals surface area contributed by atoms with E-state index < -0.39 is 0 Å². The van der Waals surface area contributed by atoms with Gasteiger partial charge < -0.3 is 18.8 Å². The largest absolute Gasteiger partial charge is 0.493 e. The molecule has 2 aliphatic heterocycles. The summed E-state index contributed by atoms with van der Waals surface area (Å²) in [6.45, 7) is 5.82. The Morgan fingerprint density at radius 3 is 2.51 bits per heavy atom. The summed E-state index contributed by atoms with van der Waals surface area (Å²) < 4.78 is 19.8. The van der Waals surface area contributed by atoms with Crippen LogP contribution >= 0.6 is 24.0 Å². The summed E-state index contributed by atoms with van der Waals surface area (Å²) in [5.41, 5.74) is 2.99. The van der Waals surface area contributed by atoms with Crippen molar-refractivity contribution in [2.45, 2.75) is 51.9 Å². The lowest BCUT2D eigenvalue weighted by Crippen LogP contribution is -2.17. The minimum atomic E-state index is 0. The summed E-state index contributed by atoms with van der Waals surface area (Å²) in [6, 6.07) is 16.1. The highest BCUT2D eigenvalue weighted by Gasteiger charge is 2.17. The molecule has 0 fully saturated rings. The first-order valence-corrected chi connectivity index (χ1v) is 12.8. The summed E-state index contributed by atoms with van der Waals surface area (Å²) in [6.07, 6.45) is 5.05. The number of fused-ring (bicyclic) bond motifs is 1. The fraction of sp³-hybridized carbons (Fsp3) is 0.393. The molecule has 7 nitrogen and oxygen atoms in total. The number of aromatic nitrogens is 4. The van der Waals surface area contributed by atoms with E-state index in [0.29, 0.717) is 37.1 Å². The second-order valence-corrected chi connectivity index (χ2v) is 9.36. The lowest BCUT2D eigenvalue weighted by molar-refractivity contribution is 0.0245. The van der Waals surface area contributed by atoms with Crippen molar-refractivity contribution in [3.63, 3.8) is 0 Å². The molecule has 2 heterocycles. The minimum absolute atomic E-state index is 0. The number of hydrogen-bond acceptors (Lipinski definition) is 6. The molecule has 0 radical (unpaired) electrons. The minimum Gasteiger partial charge on any atom is -0.493 e. The molecule has 0 aromatic heterocycles. The topological polar surface area (TPSA) is 71.3 Å². The zero-order valence-electron chi connectivity index (χ0n) is 21.5. The Hall–Kier alpha value is -2.87. The van der Waals surface area contributed by atoms with E-state index in [1.54, 1.807) is 19.6 Å². The van der Waals surface area contributed by atoms with Crippen molar-refractivity contribution in [2.24, 2.45) is 0 Å². The van der Waals surface area contributed by atoms with Crippen LogP contribution in [0.4, 0.5) is 0 Å². The highest BCUT2D eigenvalue weighted by Crippen LogP contribution is 2.30. The summed E-state index contributed by atoms with van der Waals surface area (Å²) in [5, 5.41) is 0. The maximum Gasteiger partial charge on any atom is 0.163 e. The van der Waals surface area contributed by atoms with Crippen LogP contribution in [0.5, 0.6) is 11.5 Å². The Balaban J connectivity index is 0.00000380. The number of imidazole rings is 1. The van der Waals surface area contributed by atoms with E-state index in [9.17, 15) is 0 Å². The van der Waals surface area contributed by atoms with Gasteiger partial charge in [0, 0.05) is 18.2 Å². The van der Waals surface area contributed by atoms with Gasteiger partial charge in [0.05, 0.1) is 45.5 Å². The summed E-state index contributed by atoms with van der Waals surface area (Å²) >= 11 is 6.02. The van der Waals surface area contributed by atoms with Crippen molar-refractivity contribution >= 4 is 24.0 Å². The third kappa shape index (κ3) is 7.81. The third-order valence-corrected chi connectivity index (χ3v) is 6.13. The fourth-order valence-electron chi connectivity index (χ4n) is 3.93. The van der Waals surface area contributed by atoms with Crippen LogP contribution in [0.2, 0.25) is 0 Å². The van der Waals surface area contributed by atoms with Gasteiger partial charge >= 0.3 is 0 Å². The Morgan fingerprint density at radius 2 is 1.78 bits per heavy atom. The number of methoxy groups -OCH3 is 1. The van der Waals surface area contributed by atoms with Crippen molar-refractivity contribution in [3.05, 3.63) is 78.0 Å². The summed E-state index contributed by atoms with van der Waals surface area (Å²) in [5.74, 6) is 3.83. The fourth-order valence-corrected chi connectivity index (χ4v) is 4.17. The molecule has 0 bridgehead atoms. The molecule has 0 amide bonds. The Morgan fingerprint density at radius 1 is 0.973 bits per heavy atom. The van der Waals surface area contributed by atoms with Crippen LogP contribution in [0.1, 0.15) is 49.6 Å². The zero-order valence-corrected chi connectivity index (χ0v) is 23.0. The SMILES string of the molecule is COc1ccc(Cn2cncc3nc(C(C)C)nc2-3)cc1OCCC(CCCl)OCc1ccccc1.Cl. The molecule has 37 heavy (non-hydrogen) atoms. The van der Waals surface area contributed by atoms with Crippen molar-refractivity contribution in [3.8, 4) is 23.0 Å². The van der Waals surface area contributed by atoms with Gasteiger partial charge in [0.15, 0.2) is 17.3 Å². The van der Waals surface area contributed by atoms with Crippen LogP contribution in [-0.4, -0.2) is 45.2 Å². The van der Waals surface area contributed by atoms with Gasteiger partial charge in [0.1, 0.15) is 11.5 Å². The average Bonchev–Trinajstić information content (AvgIpc) is 3.34. The van der Waals surface area contributed by atoms with E-state index in [1.807, 2.05) is 41.0 Å². The molecule has 0 N–H and O–H groups in total. The maximum atomic E-state index is 6.16. The van der Waals surface area contributed by atoms with Crippen LogP contribution in [-0.2, 0) is 17.9 Å². The number of nitrogens with zero attached hydrogens (tertiary/aromatic N) is 4. The van der Waals surface area contributed by atoms with Crippen LogP contribution in [0.3, 0.4) is 0 Å². The molecule has 9 heteroatoms. The van der Waals surface area contributed by atoms with Crippen molar-refractivity contribution in [2.75, 3.05) is 19.6 Å². The Labute approximate surface area is 229 Å². The number of alkyl halides is 1. The van der Waals surface area contributed by atoms with Gasteiger partial charge in [0.25, 0.3) is 0 Å². The highest BCUT2D eigenvalue weighted by atomic mass is 35.5. The molecule has 0 saturated heterocycles. The van der Waals surface area contributed by atoms with Crippen LogP contribution < -0.4 is 9.47 Å². The van der Waals surface area contributed by atoms with Crippen molar-refractivity contribution in [1.29, 1.82) is 0 Å². The second kappa shape index (κ2) is 14.2. The molecular weight excluding hydrogens is 511 g/mol. The molecule has 4 rings (SSSR count). The Bertz CT molecular complexity index is 1200. The predicted octanol–water partition coefficient (Wildman–Crippen LogP) is 6.36. The van der Waals surface area contributed by atoms with E-state index in [0.717, 1.165) is 41.3 Å². The van der Waals surface area contributed by atoms with Crippen molar-refractivity contribution < 1.29 is 14.2 Å². The van der Waals surface area contributed by atoms with Crippen molar-refractivity contribution in [1.82, 2.24) is 19.5 Å². The molecule has 0 saturated carbocycles. The van der Waals surface area contributed by atoms with E-state index in [-0.39, 0.29) is 24.4 Å². The highest BCUT2D eigenvalue weighted by molar-refractivity contribution is 6.17. The first kappa shape index (κ1) is 28.7. The number of rotatable bonds is 13. The van der Waals surface area contributed by atoms with E-state index in [1.165, 1.54) is 0 Å². The lowest BCUT2D eigenvalue weighted by Gasteiger charge is -2.18. The lowest BCUT2D eigenvalue weighted by atomic mass is 10.2. The van der Waals surface area contributed by atoms with Crippen LogP contribution in [0.15, 0.2) is 61.1 Å². The molecule has 2 aromatic carbocycles. The number of halogens is 2. The van der Waals surface area contributed by atoms with Gasteiger partial charge in [-0.3, -0.25) is 0 Å². The second-order valence-electron chi connectivity index (χ2n) is 8.99. The zero-order chi connectivity index (χ0) is 25.3. The predicted molar refractivity (Wildman–Crippen MR) is 148 cm³/mol. The molecule has 0 spiro atoms. The Kier molecular flexibility index (Phi) is 11.0. The molecular formula is C28H34Cl2N4O3. The van der Waals surface area contributed by atoms with Gasteiger partial charge in [0.2, 0.25) is 0 Å². The number of ether oxygens (including phenoxy) is 3. The molecule has 198 valence electrons. The van der Waals surface area contributed by atoms with Gasteiger partial charge in [-0.15, -0.1) is 24.0 Å². The quantitative estimate of drug-likeness (QED) is 0.182. The van der Waals surface area contributed by atoms with E-state index in [4.69, 9.17) is 30.8 Å². The summed E-state index contributed by atoms with van der Waals surface area (Å²) in [4.78, 5) is 13.7. The van der Waals surface area contributed by atoms with Crippen LogP contribution in [0, 0.1) is 0 Å². The molecule has 0 aliphatic carbocycles. The van der Waals surface area contributed by atoms with Gasteiger partial charge in [-0.05, 0) is 29.7 Å². The monoisotopic (exact) mass is 544 g/mol.